The molecule has 2 aromatic carbocycles. The summed E-state index contributed by atoms with van der Waals surface area (Å²) >= 11 is 6.43. The van der Waals surface area contributed by atoms with E-state index in [0.29, 0.717) is 23.1 Å². The largest absolute Gasteiger partial charge is 0.493 e. The van der Waals surface area contributed by atoms with Crippen LogP contribution in [-0.2, 0) is 6.54 Å². The molecule has 0 amide bonds. The summed E-state index contributed by atoms with van der Waals surface area (Å²) in [5.41, 5.74) is 2.70. The molecule has 154 valence electrons. The van der Waals surface area contributed by atoms with Gasteiger partial charge in [-0.2, -0.15) is 5.10 Å². The zero-order valence-electron chi connectivity index (χ0n) is 16.6. The molecule has 0 aliphatic carbocycles. The molecule has 3 aromatic rings. The van der Waals surface area contributed by atoms with Crippen LogP contribution in [0.15, 0.2) is 36.5 Å². The number of nitrogens with one attached hydrogen (secondary N) is 1. The normalized spacial score (nSPS) is 12.1. The van der Waals surface area contributed by atoms with E-state index < -0.39 is 11.6 Å². The van der Waals surface area contributed by atoms with Crippen molar-refractivity contribution >= 4 is 11.6 Å². The molecule has 1 atom stereocenters. The minimum atomic E-state index is -0.666. The highest BCUT2D eigenvalue weighted by atomic mass is 35.5. The summed E-state index contributed by atoms with van der Waals surface area (Å²) in [5.74, 6) is -0.247. The highest BCUT2D eigenvalue weighted by Gasteiger charge is 2.18. The fourth-order valence-electron chi connectivity index (χ4n) is 3.18. The van der Waals surface area contributed by atoms with Gasteiger partial charge >= 0.3 is 0 Å². The Labute approximate surface area is 173 Å². The van der Waals surface area contributed by atoms with Crippen LogP contribution < -0.4 is 14.8 Å². The molecule has 8 heteroatoms. The summed E-state index contributed by atoms with van der Waals surface area (Å²) in [4.78, 5) is 0. The zero-order valence-corrected chi connectivity index (χ0v) is 17.3. The molecule has 0 bridgehead atoms. The van der Waals surface area contributed by atoms with E-state index >= 15 is 0 Å². The van der Waals surface area contributed by atoms with Crippen LogP contribution in [0.4, 0.5) is 8.78 Å². The monoisotopic (exact) mass is 421 g/mol. The number of nitrogens with zero attached hydrogens (tertiary/aromatic N) is 2. The summed E-state index contributed by atoms with van der Waals surface area (Å²) in [6.45, 7) is 4.30. The Morgan fingerprint density at radius 3 is 2.59 bits per heavy atom. The van der Waals surface area contributed by atoms with Gasteiger partial charge in [-0.1, -0.05) is 17.7 Å². The van der Waals surface area contributed by atoms with Crippen LogP contribution in [-0.4, -0.2) is 24.0 Å². The highest BCUT2D eigenvalue weighted by Crippen LogP contribution is 2.37. The number of ether oxygens (including phenoxy) is 2. The SMILES string of the molecule is COc1ccc(CNC(C)c2cnn(-c3ccc(F)cc3F)c2C)c(Cl)c1OC. The first-order chi connectivity index (χ1) is 13.9. The maximum absolute atomic E-state index is 14.1. The lowest BCUT2D eigenvalue weighted by molar-refractivity contribution is 0.354. The molecule has 1 aromatic heterocycles. The third-order valence-electron chi connectivity index (χ3n) is 4.82. The van der Waals surface area contributed by atoms with Gasteiger partial charge in [-0.15, -0.1) is 0 Å². The second-order valence-electron chi connectivity index (χ2n) is 6.57. The number of hydrogen-bond donors (Lipinski definition) is 1. The molecule has 0 aliphatic rings. The van der Waals surface area contributed by atoms with Gasteiger partial charge in [0.1, 0.15) is 11.5 Å². The summed E-state index contributed by atoms with van der Waals surface area (Å²) in [6.07, 6.45) is 1.67. The fraction of sp³-hybridized carbons (Fsp3) is 0.286. The Bertz CT molecular complexity index is 1020. The first-order valence-electron chi connectivity index (χ1n) is 9.00. The molecule has 1 heterocycles. The minimum absolute atomic E-state index is 0.0866. The second kappa shape index (κ2) is 8.80. The maximum Gasteiger partial charge on any atom is 0.179 e. The minimum Gasteiger partial charge on any atom is -0.493 e. The van der Waals surface area contributed by atoms with Gasteiger partial charge < -0.3 is 14.8 Å². The van der Waals surface area contributed by atoms with Crippen molar-refractivity contribution in [3.05, 3.63) is 70.0 Å². The Balaban J connectivity index is 1.79. The molecule has 3 rings (SSSR count). The van der Waals surface area contributed by atoms with Gasteiger partial charge in [0.25, 0.3) is 0 Å². The summed E-state index contributed by atoms with van der Waals surface area (Å²) < 4.78 is 39.3. The topological polar surface area (TPSA) is 48.3 Å². The summed E-state index contributed by atoms with van der Waals surface area (Å²) in [6, 6.07) is 7.00. The van der Waals surface area contributed by atoms with E-state index in [1.165, 1.54) is 23.9 Å². The van der Waals surface area contributed by atoms with E-state index in [4.69, 9.17) is 21.1 Å². The lowest BCUT2D eigenvalue weighted by Gasteiger charge is -2.17. The predicted octanol–water partition coefficient (Wildman–Crippen LogP) is 4.98. The number of methoxy groups -OCH3 is 2. The van der Waals surface area contributed by atoms with Crippen molar-refractivity contribution in [3.63, 3.8) is 0 Å². The lowest BCUT2D eigenvalue weighted by atomic mass is 10.1. The van der Waals surface area contributed by atoms with Crippen LogP contribution >= 0.6 is 11.6 Å². The van der Waals surface area contributed by atoms with Crippen LogP contribution in [0, 0.1) is 18.6 Å². The van der Waals surface area contributed by atoms with Gasteiger partial charge in [0.05, 0.1) is 25.4 Å². The standard InChI is InChI=1S/C21H22ClF2N3O2/c1-12(25-10-14-5-8-19(28-3)21(29-4)20(14)22)16-11-26-27(13(16)2)18-7-6-15(23)9-17(18)24/h5-9,11-12,25H,10H2,1-4H3. The predicted molar refractivity (Wildman–Crippen MR) is 108 cm³/mol. The quantitative estimate of drug-likeness (QED) is 0.584. The van der Waals surface area contributed by atoms with Crippen LogP contribution in [0.2, 0.25) is 5.02 Å². The molecule has 29 heavy (non-hydrogen) atoms. The molecule has 0 saturated carbocycles. The fourth-order valence-corrected chi connectivity index (χ4v) is 3.48. The van der Waals surface area contributed by atoms with Crippen molar-refractivity contribution < 1.29 is 18.3 Å². The van der Waals surface area contributed by atoms with Crippen LogP contribution in [0.25, 0.3) is 5.69 Å². The number of benzene rings is 2. The molecule has 1 N–H and O–H groups in total. The van der Waals surface area contributed by atoms with Crippen LogP contribution in [0.1, 0.15) is 29.8 Å². The molecule has 0 aliphatic heterocycles. The molecular formula is C21H22ClF2N3O2. The Hall–Kier alpha value is -2.64. The van der Waals surface area contributed by atoms with Crippen molar-refractivity contribution in [2.75, 3.05) is 14.2 Å². The van der Waals surface area contributed by atoms with Crippen molar-refractivity contribution in [2.24, 2.45) is 0 Å². The first kappa shape index (κ1) is 21.1. The maximum atomic E-state index is 14.1. The third-order valence-corrected chi connectivity index (χ3v) is 5.23. The second-order valence-corrected chi connectivity index (χ2v) is 6.95. The number of rotatable bonds is 7. The van der Waals surface area contributed by atoms with E-state index in [2.05, 4.69) is 10.4 Å². The average molecular weight is 422 g/mol. The molecule has 0 saturated heterocycles. The zero-order chi connectivity index (χ0) is 21.1. The molecule has 0 spiro atoms. The highest BCUT2D eigenvalue weighted by molar-refractivity contribution is 6.33. The van der Waals surface area contributed by atoms with E-state index in [1.54, 1.807) is 19.4 Å². The average Bonchev–Trinajstić information content (AvgIpc) is 3.07. The van der Waals surface area contributed by atoms with Crippen molar-refractivity contribution in [3.8, 4) is 17.2 Å². The van der Waals surface area contributed by atoms with Gasteiger partial charge in [0.15, 0.2) is 17.3 Å². The van der Waals surface area contributed by atoms with Crippen molar-refractivity contribution in [2.45, 2.75) is 26.4 Å². The molecule has 0 fully saturated rings. The van der Waals surface area contributed by atoms with E-state index in [-0.39, 0.29) is 11.7 Å². The summed E-state index contributed by atoms with van der Waals surface area (Å²) in [7, 11) is 3.09. The van der Waals surface area contributed by atoms with Gasteiger partial charge in [-0.25, -0.2) is 13.5 Å². The Morgan fingerprint density at radius 2 is 1.93 bits per heavy atom. The lowest BCUT2D eigenvalue weighted by Crippen LogP contribution is -2.19. The van der Waals surface area contributed by atoms with E-state index in [0.717, 1.165) is 22.9 Å². The number of hydrogen-bond acceptors (Lipinski definition) is 4. The smallest absolute Gasteiger partial charge is 0.179 e. The Kier molecular flexibility index (Phi) is 6.39. The van der Waals surface area contributed by atoms with Crippen molar-refractivity contribution in [1.82, 2.24) is 15.1 Å². The van der Waals surface area contributed by atoms with Crippen LogP contribution in [0.3, 0.4) is 0 Å². The number of aromatic nitrogens is 2. The molecule has 0 radical (unpaired) electrons. The molecule has 5 nitrogen and oxygen atoms in total. The third kappa shape index (κ3) is 4.21. The van der Waals surface area contributed by atoms with E-state index in [9.17, 15) is 8.78 Å². The Morgan fingerprint density at radius 1 is 1.17 bits per heavy atom. The molecular weight excluding hydrogens is 400 g/mol. The van der Waals surface area contributed by atoms with Gasteiger partial charge in [0, 0.05) is 29.9 Å². The summed E-state index contributed by atoms with van der Waals surface area (Å²) in [5, 5.41) is 8.14. The van der Waals surface area contributed by atoms with Crippen molar-refractivity contribution in [1.29, 1.82) is 0 Å². The van der Waals surface area contributed by atoms with Gasteiger partial charge in [-0.3, -0.25) is 0 Å². The molecule has 1 unspecified atom stereocenters. The van der Waals surface area contributed by atoms with Crippen LogP contribution in [0.5, 0.6) is 11.5 Å². The first-order valence-corrected chi connectivity index (χ1v) is 9.37. The van der Waals surface area contributed by atoms with Gasteiger partial charge in [0.2, 0.25) is 0 Å². The van der Waals surface area contributed by atoms with E-state index in [1.807, 2.05) is 19.9 Å². The van der Waals surface area contributed by atoms with Gasteiger partial charge in [-0.05, 0) is 37.6 Å². The number of halogens is 3.